The monoisotopic (exact) mass is 541 g/mol. The summed E-state index contributed by atoms with van der Waals surface area (Å²) < 4.78 is 8.97. The molecular weight excluding hydrogens is 518 g/mol. The van der Waals surface area contributed by atoms with Crippen LogP contribution in [0.4, 0.5) is 17.1 Å². The van der Waals surface area contributed by atoms with Crippen LogP contribution in [0.2, 0.25) is 0 Å². The lowest BCUT2D eigenvalue weighted by molar-refractivity contribution is 0.669. The predicted molar refractivity (Wildman–Crippen MR) is 176 cm³/mol. The van der Waals surface area contributed by atoms with E-state index in [2.05, 4.69) is 132 Å². The van der Waals surface area contributed by atoms with E-state index < -0.39 is 0 Å². The van der Waals surface area contributed by atoms with Crippen LogP contribution in [0.3, 0.4) is 0 Å². The first-order chi connectivity index (χ1) is 20.3. The van der Waals surface area contributed by atoms with E-state index in [-0.39, 0.29) is 0 Å². The Bertz CT molecular complexity index is 2430. The molecule has 0 saturated heterocycles. The standard InChI is InChI=1S/C38H23NOS/c1-2-9-26(10-3-1)39(32-13-8-15-34-37(32)30-12-4-6-14-33(30)40-34)27-21-19-24-17-18-25-20-22-29-28-11-5-7-16-35(28)41-38(29)36(25)31(24)23-27/h1-23H. The number of anilines is 3. The topological polar surface area (TPSA) is 16.4 Å². The maximum absolute atomic E-state index is 6.29. The Labute approximate surface area is 240 Å². The number of hydrogen-bond acceptors (Lipinski definition) is 3. The molecule has 0 spiro atoms. The van der Waals surface area contributed by atoms with Gasteiger partial charge in [0.25, 0.3) is 0 Å². The number of benzene rings is 7. The number of para-hydroxylation sites is 2. The minimum atomic E-state index is 0.892. The molecule has 0 unspecified atom stereocenters. The molecule has 2 heterocycles. The van der Waals surface area contributed by atoms with Gasteiger partial charge in [-0.1, -0.05) is 91.0 Å². The normalized spacial score (nSPS) is 11.9. The van der Waals surface area contributed by atoms with Gasteiger partial charge in [0.1, 0.15) is 11.2 Å². The van der Waals surface area contributed by atoms with E-state index in [0.29, 0.717) is 0 Å². The Morgan fingerprint density at radius 1 is 0.463 bits per heavy atom. The molecule has 9 aromatic rings. The molecule has 0 aliphatic heterocycles. The summed E-state index contributed by atoms with van der Waals surface area (Å²) in [6, 6.07) is 50.0. The van der Waals surface area contributed by atoms with Crippen molar-refractivity contribution in [1.82, 2.24) is 0 Å². The molecule has 2 nitrogen and oxygen atoms in total. The average Bonchev–Trinajstić information content (AvgIpc) is 3.60. The van der Waals surface area contributed by atoms with Crippen LogP contribution in [0, 0.1) is 0 Å². The summed E-state index contributed by atoms with van der Waals surface area (Å²) in [5.74, 6) is 0. The maximum atomic E-state index is 6.29. The molecule has 0 aliphatic carbocycles. The lowest BCUT2D eigenvalue weighted by Crippen LogP contribution is -2.10. The van der Waals surface area contributed by atoms with Gasteiger partial charge in [-0.3, -0.25) is 0 Å². The number of furan rings is 1. The maximum Gasteiger partial charge on any atom is 0.137 e. The van der Waals surface area contributed by atoms with Gasteiger partial charge in [-0.25, -0.2) is 0 Å². The van der Waals surface area contributed by atoms with E-state index in [1.165, 1.54) is 41.7 Å². The second kappa shape index (κ2) is 8.69. The minimum Gasteiger partial charge on any atom is -0.456 e. The van der Waals surface area contributed by atoms with Crippen LogP contribution in [0.25, 0.3) is 63.7 Å². The van der Waals surface area contributed by atoms with Crippen LogP contribution in [0.15, 0.2) is 144 Å². The number of nitrogens with zero attached hydrogens (tertiary/aromatic N) is 1. The molecule has 0 bridgehead atoms. The number of hydrogen-bond donors (Lipinski definition) is 0. The van der Waals surface area contributed by atoms with Crippen LogP contribution in [-0.2, 0) is 0 Å². The van der Waals surface area contributed by atoms with Gasteiger partial charge in [0.15, 0.2) is 0 Å². The molecule has 0 atom stereocenters. The van der Waals surface area contributed by atoms with Gasteiger partial charge in [-0.05, 0) is 64.7 Å². The van der Waals surface area contributed by atoms with E-state index in [9.17, 15) is 0 Å². The SMILES string of the molecule is c1ccc(N(c2ccc3ccc4ccc5c6ccccc6sc5c4c3c2)c2cccc3oc4ccccc4c23)cc1. The van der Waals surface area contributed by atoms with Crippen LogP contribution in [-0.4, -0.2) is 0 Å². The largest absolute Gasteiger partial charge is 0.456 e. The molecule has 0 N–H and O–H groups in total. The highest BCUT2D eigenvalue weighted by atomic mass is 32.1. The Balaban J connectivity index is 1.38. The molecule has 0 amide bonds. The van der Waals surface area contributed by atoms with Crippen LogP contribution < -0.4 is 4.90 Å². The van der Waals surface area contributed by atoms with Crippen LogP contribution in [0.1, 0.15) is 0 Å². The zero-order chi connectivity index (χ0) is 26.9. The third-order valence-corrected chi connectivity index (χ3v) is 9.43. The Kier molecular flexibility index (Phi) is 4.80. The van der Waals surface area contributed by atoms with E-state index in [1.807, 2.05) is 23.5 Å². The van der Waals surface area contributed by atoms with Crippen LogP contribution in [0.5, 0.6) is 0 Å². The molecule has 0 aliphatic rings. The van der Waals surface area contributed by atoms with Gasteiger partial charge < -0.3 is 9.32 Å². The summed E-state index contributed by atoms with van der Waals surface area (Å²) in [5.41, 5.74) is 5.12. The zero-order valence-corrected chi connectivity index (χ0v) is 22.9. The summed E-state index contributed by atoms with van der Waals surface area (Å²) in [4.78, 5) is 2.37. The molecule has 3 heteroatoms. The summed E-state index contributed by atoms with van der Waals surface area (Å²) in [6.07, 6.45) is 0. The van der Waals surface area contributed by atoms with Crippen molar-refractivity contribution in [2.45, 2.75) is 0 Å². The van der Waals surface area contributed by atoms with Crippen molar-refractivity contribution in [2.75, 3.05) is 4.90 Å². The average molecular weight is 542 g/mol. The van der Waals surface area contributed by atoms with Crippen molar-refractivity contribution in [2.24, 2.45) is 0 Å². The lowest BCUT2D eigenvalue weighted by Gasteiger charge is -2.26. The minimum absolute atomic E-state index is 0.892. The second-order valence-electron chi connectivity index (χ2n) is 10.5. The third-order valence-electron chi connectivity index (χ3n) is 8.22. The molecule has 0 saturated carbocycles. The molecule has 41 heavy (non-hydrogen) atoms. The number of thiophene rings is 1. The third kappa shape index (κ3) is 3.36. The molecule has 0 fully saturated rings. The van der Waals surface area contributed by atoms with E-state index in [1.54, 1.807) is 0 Å². The lowest BCUT2D eigenvalue weighted by atomic mass is 9.98. The molecule has 9 rings (SSSR count). The Morgan fingerprint density at radius 3 is 2.12 bits per heavy atom. The molecular formula is C38H23NOS. The first kappa shape index (κ1) is 22.7. The van der Waals surface area contributed by atoms with Crippen LogP contribution >= 0.6 is 11.3 Å². The molecule has 2 aromatic heterocycles. The number of fused-ring (bicyclic) bond motifs is 10. The highest BCUT2D eigenvalue weighted by Gasteiger charge is 2.20. The van der Waals surface area contributed by atoms with Gasteiger partial charge in [0.2, 0.25) is 0 Å². The van der Waals surface area contributed by atoms with Crippen molar-refractivity contribution in [3.05, 3.63) is 140 Å². The van der Waals surface area contributed by atoms with Gasteiger partial charge in [0.05, 0.1) is 11.1 Å². The van der Waals surface area contributed by atoms with Gasteiger partial charge in [-0.15, -0.1) is 11.3 Å². The fourth-order valence-electron chi connectivity index (χ4n) is 6.39. The molecule has 0 radical (unpaired) electrons. The van der Waals surface area contributed by atoms with Crippen molar-refractivity contribution >= 4 is 92.1 Å². The number of rotatable bonds is 3. The van der Waals surface area contributed by atoms with Crippen molar-refractivity contribution in [1.29, 1.82) is 0 Å². The van der Waals surface area contributed by atoms with Gasteiger partial charge >= 0.3 is 0 Å². The van der Waals surface area contributed by atoms with E-state index in [0.717, 1.165) is 39.0 Å². The fourth-order valence-corrected chi connectivity index (χ4v) is 7.66. The summed E-state index contributed by atoms with van der Waals surface area (Å²) in [7, 11) is 0. The van der Waals surface area contributed by atoms with Gasteiger partial charge in [-0.2, -0.15) is 0 Å². The Hall–Kier alpha value is -5.12. The molecule has 7 aromatic carbocycles. The Morgan fingerprint density at radius 2 is 1.20 bits per heavy atom. The summed E-state index contributed by atoms with van der Waals surface area (Å²) in [5, 5.41) is 9.99. The summed E-state index contributed by atoms with van der Waals surface area (Å²) >= 11 is 1.89. The fraction of sp³-hybridized carbons (Fsp3) is 0. The highest BCUT2D eigenvalue weighted by molar-refractivity contribution is 7.26. The second-order valence-corrected chi connectivity index (χ2v) is 11.6. The van der Waals surface area contributed by atoms with Gasteiger partial charge in [0, 0.05) is 42.3 Å². The highest BCUT2D eigenvalue weighted by Crippen LogP contribution is 2.45. The quantitative estimate of drug-likeness (QED) is 0.207. The zero-order valence-electron chi connectivity index (χ0n) is 22.0. The van der Waals surface area contributed by atoms with Crippen molar-refractivity contribution < 1.29 is 4.42 Å². The summed E-state index contributed by atoms with van der Waals surface area (Å²) in [6.45, 7) is 0. The smallest absolute Gasteiger partial charge is 0.137 e. The molecule has 192 valence electrons. The predicted octanol–water partition coefficient (Wildman–Crippen LogP) is 11.7. The van der Waals surface area contributed by atoms with E-state index in [4.69, 9.17) is 4.42 Å². The van der Waals surface area contributed by atoms with Crippen molar-refractivity contribution in [3.8, 4) is 0 Å². The first-order valence-corrected chi connectivity index (χ1v) is 14.7. The van der Waals surface area contributed by atoms with E-state index >= 15 is 0 Å². The van der Waals surface area contributed by atoms with Crippen molar-refractivity contribution in [3.63, 3.8) is 0 Å². The first-order valence-electron chi connectivity index (χ1n) is 13.9.